The monoisotopic (exact) mass is 272 g/mol. The van der Waals surface area contributed by atoms with Crippen molar-refractivity contribution in [2.24, 2.45) is 0 Å². The molecule has 2 rings (SSSR count). The van der Waals surface area contributed by atoms with E-state index in [0.29, 0.717) is 0 Å². The van der Waals surface area contributed by atoms with E-state index >= 15 is 0 Å². The van der Waals surface area contributed by atoms with Crippen molar-refractivity contribution in [1.29, 1.82) is 0 Å². The van der Waals surface area contributed by atoms with Crippen molar-refractivity contribution in [2.75, 3.05) is 6.54 Å². The molecule has 4 heteroatoms. The third-order valence-electron chi connectivity index (χ3n) is 3.36. The van der Waals surface area contributed by atoms with Gasteiger partial charge in [0.05, 0.1) is 17.9 Å². The van der Waals surface area contributed by atoms with Crippen LogP contribution in [0.3, 0.4) is 0 Å². The molecule has 1 atom stereocenters. The number of aryl methyl sites for hydroxylation is 3. The second-order valence-corrected chi connectivity index (χ2v) is 5.29. The van der Waals surface area contributed by atoms with Gasteiger partial charge in [0.2, 0.25) is 0 Å². The van der Waals surface area contributed by atoms with Crippen LogP contribution in [0.25, 0.3) is 0 Å². The van der Waals surface area contributed by atoms with E-state index in [4.69, 9.17) is 0 Å². The molecule has 0 saturated heterocycles. The number of hydrogen-bond acceptors (Lipinski definition) is 3. The first kappa shape index (κ1) is 14.7. The lowest BCUT2D eigenvalue weighted by molar-refractivity contribution is 0.511. The van der Waals surface area contributed by atoms with Crippen molar-refractivity contribution >= 4 is 0 Å². The van der Waals surface area contributed by atoms with Crippen molar-refractivity contribution < 1.29 is 0 Å². The predicted octanol–water partition coefficient (Wildman–Crippen LogP) is 3.00. The van der Waals surface area contributed by atoms with E-state index in [1.165, 1.54) is 16.7 Å². The summed E-state index contributed by atoms with van der Waals surface area (Å²) in [5.74, 6) is 0. The Bertz CT molecular complexity index is 539. The zero-order chi connectivity index (χ0) is 14.5. The molecule has 0 aliphatic heterocycles. The minimum Gasteiger partial charge on any atom is -0.305 e. The molecule has 1 unspecified atom stereocenters. The molecule has 20 heavy (non-hydrogen) atoms. The zero-order valence-corrected chi connectivity index (χ0v) is 12.8. The summed E-state index contributed by atoms with van der Waals surface area (Å²) in [6.07, 6.45) is 2.93. The quantitative estimate of drug-likeness (QED) is 0.879. The largest absolute Gasteiger partial charge is 0.305 e. The zero-order valence-electron chi connectivity index (χ0n) is 12.8. The topological polar surface area (TPSA) is 42.7 Å². The summed E-state index contributed by atoms with van der Waals surface area (Å²) in [5.41, 5.74) is 5.00. The molecule has 0 radical (unpaired) electrons. The number of nitrogens with zero attached hydrogens (tertiary/aromatic N) is 3. The fourth-order valence-electron chi connectivity index (χ4n) is 2.65. The van der Waals surface area contributed by atoms with Gasteiger partial charge >= 0.3 is 0 Å². The summed E-state index contributed by atoms with van der Waals surface area (Å²) in [5, 5.41) is 11.8. The first-order valence-corrected chi connectivity index (χ1v) is 7.35. The third-order valence-corrected chi connectivity index (χ3v) is 3.36. The molecule has 0 amide bonds. The van der Waals surface area contributed by atoms with Crippen LogP contribution in [-0.4, -0.2) is 21.5 Å². The van der Waals surface area contributed by atoms with Gasteiger partial charge in [-0.2, -0.15) is 0 Å². The molecule has 0 bridgehead atoms. The Morgan fingerprint density at radius 2 is 1.85 bits per heavy atom. The number of hydrogen-bond donors (Lipinski definition) is 1. The van der Waals surface area contributed by atoms with E-state index in [9.17, 15) is 0 Å². The highest BCUT2D eigenvalue weighted by Gasteiger charge is 2.18. The van der Waals surface area contributed by atoms with E-state index in [-0.39, 0.29) is 6.04 Å². The predicted molar refractivity (Wildman–Crippen MR) is 81.7 cm³/mol. The van der Waals surface area contributed by atoms with Crippen LogP contribution in [0.2, 0.25) is 0 Å². The Balaban J connectivity index is 2.41. The van der Waals surface area contributed by atoms with Crippen LogP contribution in [0.15, 0.2) is 24.4 Å². The lowest BCUT2D eigenvalue weighted by Gasteiger charge is -2.20. The molecule has 0 saturated carbocycles. The number of benzene rings is 1. The lowest BCUT2D eigenvalue weighted by atomic mass is 9.99. The van der Waals surface area contributed by atoms with Gasteiger partial charge in [-0.15, -0.1) is 5.10 Å². The summed E-state index contributed by atoms with van der Waals surface area (Å²) in [4.78, 5) is 0. The van der Waals surface area contributed by atoms with Gasteiger partial charge in [0.25, 0.3) is 0 Å². The maximum atomic E-state index is 4.21. The average Bonchev–Trinajstić information content (AvgIpc) is 2.83. The molecule has 108 valence electrons. The standard InChI is InChI=1S/C16H24N4/c1-5-7-20-15(11-18-19-20)16(17-6-2)14-9-12(3)8-13(4)10-14/h8-11,16-17H,5-7H2,1-4H3. The van der Waals surface area contributed by atoms with Gasteiger partial charge in [-0.3, -0.25) is 0 Å². The van der Waals surface area contributed by atoms with Crippen LogP contribution in [0.4, 0.5) is 0 Å². The van der Waals surface area contributed by atoms with Crippen molar-refractivity contribution in [2.45, 2.75) is 46.7 Å². The summed E-state index contributed by atoms with van der Waals surface area (Å²) in [6.45, 7) is 10.4. The number of rotatable bonds is 6. The fourth-order valence-corrected chi connectivity index (χ4v) is 2.65. The molecule has 2 aromatic rings. The van der Waals surface area contributed by atoms with E-state index in [0.717, 1.165) is 25.2 Å². The Hall–Kier alpha value is -1.68. The van der Waals surface area contributed by atoms with Gasteiger partial charge in [0, 0.05) is 6.54 Å². The van der Waals surface area contributed by atoms with E-state index < -0.39 is 0 Å². The van der Waals surface area contributed by atoms with Crippen molar-refractivity contribution in [1.82, 2.24) is 20.3 Å². The highest BCUT2D eigenvalue weighted by atomic mass is 15.4. The maximum absolute atomic E-state index is 4.21. The molecule has 0 fully saturated rings. The first-order chi connectivity index (χ1) is 9.65. The van der Waals surface area contributed by atoms with Crippen molar-refractivity contribution in [3.63, 3.8) is 0 Å². The lowest BCUT2D eigenvalue weighted by Crippen LogP contribution is -2.25. The smallest absolute Gasteiger partial charge is 0.0801 e. The van der Waals surface area contributed by atoms with Crippen LogP contribution in [0.5, 0.6) is 0 Å². The first-order valence-electron chi connectivity index (χ1n) is 7.35. The highest BCUT2D eigenvalue weighted by molar-refractivity contribution is 5.34. The highest BCUT2D eigenvalue weighted by Crippen LogP contribution is 2.23. The second kappa shape index (κ2) is 6.66. The maximum Gasteiger partial charge on any atom is 0.0801 e. The molecular weight excluding hydrogens is 248 g/mol. The van der Waals surface area contributed by atoms with Gasteiger partial charge in [-0.05, 0) is 32.4 Å². The third kappa shape index (κ3) is 3.25. The van der Waals surface area contributed by atoms with Gasteiger partial charge in [-0.1, -0.05) is 48.4 Å². The molecule has 4 nitrogen and oxygen atoms in total. The summed E-state index contributed by atoms with van der Waals surface area (Å²) in [6, 6.07) is 6.83. The Morgan fingerprint density at radius 3 is 2.45 bits per heavy atom. The van der Waals surface area contributed by atoms with Gasteiger partial charge < -0.3 is 5.32 Å². The molecule has 1 N–H and O–H groups in total. The molecule has 0 spiro atoms. The Kier molecular flexibility index (Phi) is 4.90. The van der Waals surface area contributed by atoms with Gasteiger partial charge in [0.15, 0.2) is 0 Å². The molecule has 0 aliphatic carbocycles. The van der Waals surface area contributed by atoms with Gasteiger partial charge in [-0.25, -0.2) is 4.68 Å². The Labute approximate surface area is 121 Å². The summed E-state index contributed by atoms with van der Waals surface area (Å²) < 4.78 is 2.00. The molecule has 1 aromatic heterocycles. The van der Waals surface area contributed by atoms with Crippen molar-refractivity contribution in [3.8, 4) is 0 Å². The van der Waals surface area contributed by atoms with Crippen LogP contribution < -0.4 is 5.32 Å². The minimum atomic E-state index is 0.153. The summed E-state index contributed by atoms with van der Waals surface area (Å²) in [7, 11) is 0. The summed E-state index contributed by atoms with van der Waals surface area (Å²) >= 11 is 0. The fraction of sp³-hybridized carbons (Fsp3) is 0.500. The Morgan fingerprint density at radius 1 is 1.15 bits per heavy atom. The van der Waals surface area contributed by atoms with Crippen LogP contribution in [0, 0.1) is 13.8 Å². The SMILES string of the molecule is CCCn1nncc1C(NCC)c1cc(C)cc(C)c1. The van der Waals surface area contributed by atoms with E-state index in [1.54, 1.807) is 0 Å². The number of aromatic nitrogens is 3. The van der Waals surface area contributed by atoms with E-state index in [1.807, 2.05) is 10.9 Å². The van der Waals surface area contributed by atoms with Crippen molar-refractivity contribution in [3.05, 3.63) is 46.8 Å². The molecule has 1 heterocycles. The average molecular weight is 272 g/mol. The molecular formula is C16H24N4. The van der Waals surface area contributed by atoms with Gasteiger partial charge in [0.1, 0.15) is 0 Å². The molecule has 1 aromatic carbocycles. The number of nitrogens with one attached hydrogen (secondary N) is 1. The van der Waals surface area contributed by atoms with E-state index in [2.05, 4.69) is 61.5 Å². The van der Waals surface area contributed by atoms with Crippen LogP contribution in [0.1, 0.15) is 48.7 Å². The second-order valence-electron chi connectivity index (χ2n) is 5.29. The molecule has 0 aliphatic rings. The minimum absolute atomic E-state index is 0.153. The normalized spacial score (nSPS) is 12.6. The van der Waals surface area contributed by atoms with Crippen LogP contribution in [-0.2, 0) is 6.54 Å². The van der Waals surface area contributed by atoms with Crippen LogP contribution >= 0.6 is 0 Å².